The number of anilines is 1. The number of hydrogen-bond donors (Lipinski definition) is 1. The molecule has 0 unspecified atom stereocenters. The highest BCUT2D eigenvalue weighted by Gasteiger charge is 2.23. The van der Waals surface area contributed by atoms with Crippen LogP contribution in [0.4, 0.5) is 5.69 Å². The monoisotopic (exact) mass is 332 g/mol. The normalized spacial score (nSPS) is 14.4. The van der Waals surface area contributed by atoms with E-state index in [2.05, 4.69) is 5.32 Å². The molecule has 25 heavy (non-hydrogen) atoms. The van der Waals surface area contributed by atoms with Crippen LogP contribution in [0.25, 0.3) is 17.0 Å². The molecule has 2 heterocycles. The third-order valence-corrected chi connectivity index (χ3v) is 4.16. The lowest BCUT2D eigenvalue weighted by Gasteiger charge is -2.20. The summed E-state index contributed by atoms with van der Waals surface area (Å²) in [5.41, 5.74) is 1.91. The number of para-hydroxylation sites is 2. The number of nitrogens with one attached hydrogen (secondary N) is 1. The molecule has 0 aliphatic carbocycles. The lowest BCUT2D eigenvalue weighted by molar-refractivity contribution is -0.114. The van der Waals surface area contributed by atoms with Crippen LogP contribution in [-0.2, 0) is 4.79 Å². The van der Waals surface area contributed by atoms with Crippen molar-refractivity contribution in [2.45, 2.75) is 0 Å². The van der Waals surface area contributed by atoms with Gasteiger partial charge in [-0.05, 0) is 30.3 Å². The number of benzene rings is 2. The third kappa shape index (κ3) is 2.92. The Kier molecular flexibility index (Phi) is 3.82. The van der Waals surface area contributed by atoms with Gasteiger partial charge in [-0.15, -0.1) is 0 Å². The molecular weight excluding hydrogens is 316 g/mol. The zero-order valence-electron chi connectivity index (χ0n) is 13.4. The van der Waals surface area contributed by atoms with E-state index in [1.165, 1.54) is 6.08 Å². The third-order valence-electron chi connectivity index (χ3n) is 4.16. The van der Waals surface area contributed by atoms with Crippen LogP contribution in [0.15, 0.2) is 65.1 Å². The fourth-order valence-electron chi connectivity index (χ4n) is 2.95. The van der Waals surface area contributed by atoms with E-state index in [9.17, 15) is 9.59 Å². The topological polar surface area (TPSA) is 62.6 Å². The predicted octanol–water partition coefficient (Wildman–Crippen LogP) is 3.22. The summed E-state index contributed by atoms with van der Waals surface area (Å²) in [6.07, 6.45) is 3.13. The predicted molar refractivity (Wildman–Crippen MR) is 96.4 cm³/mol. The molecular formula is C20H16N2O3. The molecule has 1 aliphatic heterocycles. The first-order chi connectivity index (χ1) is 12.2. The average Bonchev–Trinajstić information content (AvgIpc) is 2.98. The van der Waals surface area contributed by atoms with Gasteiger partial charge in [0.25, 0.3) is 11.8 Å². The van der Waals surface area contributed by atoms with Crippen LogP contribution in [0, 0.1) is 0 Å². The highest BCUT2D eigenvalue weighted by molar-refractivity contribution is 6.09. The molecule has 1 aromatic heterocycles. The smallest absolute Gasteiger partial charge is 0.253 e. The lowest BCUT2D eigenvalue weighted by atomic mass is 10.1. The van der Waals surface area contributed by atoms with Gasteiger partial charge in [0.05, 0.1) is 11.3 Å². The van der Waals surface area contributed by atoms with Crippen molar-refractivity contribution in [3.63, 3.8) is 0 Å². The van der Waals surface area contributed by atoms with E-state index in [-0.39, 0.29) is 11.8 Å². The van der Waals surface area contributed by atoms with E-state index < -0.39 is 0 Å². The van der Waals surface area contributed by atoms with Crippen LogP contribution in [0.3, 0.4) is 0 Å². The maximum Gasteiger partial charge on any atom is 0.253 e. The summed E-state index contributed by atoms with van der Waals surface area (Å²) in [7, 11) is 0. The standard InChI is InChI=1S/C20H16N2O3/c23-19(10-9-15-13-14-5-1-4-8-18(14)25-15)22-12-11-21-20(24)16-6-2-3-7-17(16)22/h1-10,13H,11-12H2,(H,21,24)/b10-9+. The average molecular weight is 332 g/mol. The Morgan fingerprint density at radius 2 is 1.92 bits per heavy atom. The molecule has 3 aromatic rings. The second-order valence-electron chi connectivity index (χ2n) is 5.78. The van der Waals surface area contributed by atoms with E-state index in [1.54, 1.807) is 29.2 Å². The maximum atomic E-state index is 12.7. The lowest BCUT2D eigenvalue weighted by Crippen LogP contribution is -2.33. The first-order valence-corrected chi connectivity index (χ1v) is 8.08. The molecule has 2 aromatic carbocycles. The van der Waals surface area contributed by atoms with Crippen molar-refractivity contribution in [2.75, 3.05) is 18.0 Å². The van der Waals surface area contributed by atoms with Gasteiger partial charge in [0.15, 0.2) is 0 Å². The number of carbonyl (C=O) groups excluding carboxylic acids is 2. The zero-order valence-corrected chi connectivity index (χ0v) is 13.4. The van der Waals surface area contributed by atoms with Gasteiger partial charge in [0.2, 0.25) is 0 Å². The molecule has 0 radical (unpaired) electrons. The van der Waals surface area contributed by atoms with Crippen LogP contribution < -0.4 is 10.2 Å². The van der Waals surface area contributed by atoms with Gasteiger partial charge in [-0.1, -0.05) is 30.3 Å². The molecule has 0 atom stereocenters. The minimum atomic E-state index is -0.190. The second kappa shape index (κ2) is 6.28. The largest absolute Gasteiger partial charge is 0.457 e. The summed E-state index contributed by atoms with van der Waals surface area (Å²) in [6.45, 7) is 0.837. The van der Waals surface area contributed by atoms with Crippen LogP contribution in [-0.4, -0.2) is 24.9 Å². The number of rotatable bonds is 2. The maximum absolute atomic E-state index is 12.7. The van der Waals surface area contributed by atoms with Gasteiger partial charge in [-0.25, -0.2) is 0 Å². The molecule has 0 spiro atoms. The van der Waals surface area contributed by atoms with Crippen molar-refractivity contribution in [2.24, 2.45) is 0 Å². The quantitative estimate of drug-likeness (QED) is 0.733. The molecule has 1 N–H and O–H groups in total. The zero-order chi connectivity index (χ0) is 17.2. The van der Waals surface area contributed by atoms with Crippen LogP contribution in [0.2, 0.25) is 0 Å². The van der Waals surface area contributed by atoms with Crippen molar-refractivity contribution in [1.29, 1.82) is 0 Å². The summed E-state index contributed by atoms with van der Waals surface area (Å²) in [4.78, 5) is 26.3. The highest BCUT2D eigenvalue weighted by atomic mass is 16.3. The number of hydrogen-bond acceptors (Lipinski definition) is 3. The van der Waals surface area contributed by atoms with Crippen molar-refractivity contribution in [3.05, 3.63) is 72.0 Å². The fraction of sp³-hybridized carbons (Fsp3) is 0.100. The molecule has 5 nitrogen and oxygen atoms in total. The van der Waals surface area contributed by atoms with E-state index in [4.69, 9.17) is 4.42 Å². The molecule has 0 fully saturated rings. The van der Waals surface area contributed by atoms with Gasteiger partial charge < -0.3 is 14.6 Å². The minimum absolute atomic E-state index is 0.160. The molecule has 0 saturated carbocycles. The van der Waals surface area contributed by atoms with Crippen molar-refractivity contribution in [1.82, 2.24) is 5.32 Å². The number of furan rings is 1. The Bertz CT molecular complexity index is 954. The second-order valence-corrected chi connectivity index (χ2v) is 5.78. The molecule has 4 rings (SSSR count). The molecule has 1 aliphatic rings. The molecule has 0 saturated heterocycles. The van der Waals surface area contributed by atoms with Gasteiger partial charge in [0.1, 0.15) is 11.3 Å². The van der Waals surface area contributed by atoms with Crippen LogP contribution >= 0.6 is 0 Å². The van der Waals surface area contributed by atoms with Crippen LogP contribution in [0.5, 0.6) is 0 Å². The van der Waals surface area contributed by atoms with E-state index >= 15 is 0 Å². The summed E-state index contributed by atoms with van der Waals surface area (Å²) >= 11 is 0. The first-order valence-electron chi connectivity index (χ1n) is 8.08. The van der Waals surface area contributed by atoms with Gasteiger partial charge in [-0.2, -0.15) is 0 Å². The highest BCUT2D eigenvalue weighted by Crippen LogP contribution is 2.23. The number of nitrogens with zero attached hydrogens (tertiary/aromatic N) is 1. The Morgan fingerprint density at radius 1 is 1.12 bits per heavy atom. The van der Waals surface area contributed by atoms with Crippen molar-refractivity contribution in [3.8, 4) is 0 Å². The Labute approximate surface area is 144 Å². The van der Waals surface area contributed by atoms with Crippen molar-refractivity contribution < 1.29 is 14.0 Å². The minimum Gasteiger partial charge on any atom is -0.457 e. The van der Waals surface area contributed by atoms with E-state index in [0.29, 0.717) is 30.1 Å². The molecule has 0 bridgehead atoms. The summed E-state index contributed by atoms with van der Waals surface area (Å²) in [5, 5.41) is 3.79. The van der Waals surface area contributed by atoms with Crippen LogP contribution in [0.1, 0.15) is 16.1 Å². The number of carbonyl (C=O) groups is 2. The van der Waals surface area contributed by atoms with Gasteiger partial charge in [-0.3, -0.25) is 9.59 Å². The van der Waals surface area contributed by atoms with Gasteiger partial charge in [0, 0.05) is 24.6 Å². The number of fused-ring (bicyclic) bond motifs is 2. The number of amides is 2. The Balaban J connectivity index is 1.62. The van der Waals surface area contributed by atoms with E-state index in [1.807, 2.05) is 36.4 Å². The Morgan fingerprint density at radius 3 is 2.80 bits per heavy atom. The summed E-state index contributed by atoms with van der Waals surface area (Å²) in [5.74, 6) is 0.267. The molecule has 124 valence electrons. The van der Waals surface area contributed by atoms with E-state index in [0.717, 1.165) is 11.0 Å². The summed E-state index contributed by atoms with van der Waals surface area (Å²) < 4.78 is 5.69. The first kappa shape index (κ1) is 15.2. The van der Waals surface area contributed by atoms with Crippen molar-refractivity contribution >= 4 is 34.5 Å². The molecule has 5 heteroatoms. The van der Waals surface area contributed by atoms with Gasteiger partial charge >= 0.3 is 0 Å². The molecule has 2 amide bonds. The summed E-state index contributed by atoms with van der Waals surface area (Å²) in [6, 6.07) is 16.7. The fourth-order valence-corrected chi connectivity index (χ4v) is 2.95. The SMILES string of the molecule is O=C1NCCN(C(=O)/C=C/c2cc3ccccc3o2)c2ccccc21. The Hall–Kier alpha value is -3.34.